The summed E-state index contributed by atoms with van der Waals surface area (Å²) in [6.07, 6.45) is 2.26. The van der Waals surface area contributed by atoms with E-state index in [0.29, 0.717) is 24.4 Å². The first-order valence-electron chi connectivity index (χ1n) is 9.68. The van der Waals surface area contributed by atoms with Crippen molar-refractivity contribution in [2.45, 2.75) is 24.7 Å². The summed E-state index contributed by atoms with van der Waals surface area (Å²) in [7, 11) is 3.28. The molecule has 1 aromatic heterocycles. The molecule has 4 rings (SSSR count). The summed E-state index contributed by atoms with van der Waals surface area (Å²) in [5, 5.41) is 7.26. The van der Waals surface area contributed by atoms with Crippen LogP contribution in [0.25, 0.3) is 11.3 Å². The molecule has 2 aromatic carbocycles. The molecule has 1 amide bonds. The number of carbonyl (C=O) groups excluding carboxylic acids is 1. The van der Waals surface area contributed by atoms with E-state index in [-0.39, 0.29) is 5.91 Å². The topological polar surface area (TPSA) is 73.6 Å². The van der Waals surface area contributed by atoms with Gasteiger partial charge >= 0.3 is 0 Å². The molecule has 1 aliphatic carbocycles. The molecule has 6 heteroatoms. The summed E-state index contributed by atoms with van der Waals surface area (Å²) in [4.78, 5) is 12.9. The van der Waals surface area contributed by atoms with Gasteiger partial charge in [0, 0.05) is 18.2 Å². The number of carbonyl (C=O) groups is 1. The van der Waals surface area contributed by atoms with Gasteiger partial charge in [-0.3, -0.25) is 4.79 Å². The van der Waals surface area contributed by atoms with Gasteiger partial charge in [0.25, 0.3) is 0 Å². The van der Waals surface area contributed by atoms with Crippen LogP contribution in [0.5, 0.6) is 11.5 Å². The van der Waals surface area contributed by atoms with E-state index in [1.807, 2.05) is 54.6 Å². The molecule has 6 nitrogen and oxygen atoms in total. The van der Waals surface area contributed by atoms with Gasteiger partial charge in [0.15, 0.2) is 5.76 Å². The van der Waals surface area contributed by atoms with Crippen molar-refractivity contribution in [1.82, 2.24) is 10.5 Å². The predicted molar refractivity (Wildman–Crippen MR) is 109 cm³/mol. The number of benzene rings is 2. The second-order valence-corrected chi connectivity index (χ2v) is 7.21. The quantitative estimate of drug-likeness (QED) is 0.632. The third-order valence-corrected chi connectivity index (χ3v) is 5.41. The van der Waals surface area contributed by atoms with Crippen LogP contribution in [0.3, 0.4) is 0 Å². The molecule has 0 atom stereocenters. The van der Waals surface area contributed by atoms with Crippen LogP contribution >= 0.6 is 0 Å². The minimum Gasteiger partial charge on any atom is -0.497 e. The summed E-state index contributed by atoms with van der Waals surface area (Å²) in [5.74, 6) is 2.21. The van der Waals surface area contributed by atoms with Crippen LogP contribution in [0.15, 0.2) is 59.1 Å². The van der Waals surface area contributed by atoms with Crippen LogP contribution in [-0.2, 0) is 16.6 Å². The van der Waals surface area contributed by atoms with Gasteiger partial charge in [0.05, 0.1) is 25.3 Å². The second-order valence-electron chi connectivity index (χ2n) is 7.21. The van der Waals surface area contributed by atoms with Crippen molar-refractivity contribution >= 4 is 5.91 Å². The number of nitrogens with zero attached hydrogens (tertiary/aromatic N) is 1. The fraction of sp³-hybridized carbons (Fsp3) is 0.304. The molecule has 29 heavy (non-hydrogen) atoms. The van der Waals surface area contributed by atoms with Crippen molar-refractivity contribution in [2.24, 2.45) is 0 Å². The second kappa shape index (κ2) is 7.99. The molecule has 1 heterocycles. The van der Waals surface area contributed by atoms with E-state index >= 15 is 0 Å². The zero-order valence-corrected chi connectivity index (χ0v) is 16.6. The van der Waals surface area contributed by atoms with E-state index in [1.165, 1.54) is 0 Å². The highest BCUT2D eigenvalue weighted by molar-refractivity contribution is 5.91. The van der Waals surface area contributed by atoms with E-state index < -0.39 is 5.41 Å². The fourth-order valence-corrected chi connectivity index (χ4v) is 3.53. The number of amides is 1. The van der Waals surface area contributed by atoms with Crippen molar-refractivity contribution < 1.29 is 18.8 Å². The monoisotopic (exact) mass is 392 g/mol. The fourth-order valence-electron chi connectivity index (χ4n) is 3.53. The highest BCUT2D eigenvalue weighted by atomic mass is 16.5. The Morgan fingerprint density at radius 3 is 2.69 bits per heavy atom. The molecule has 0 aliphatic heterocycles. The molecule has 0 unspecified atom stereocenters. The molecule has 0 spiro atoms. The number of ether oxygens (including phenoxy) is 2. The number of hydrogen-bond donors (Lipinski definition) is 1. The first-order chi connectivity index (χ1) is 14.2. The number of aromatic nitrogens is 1. The Balaban J connectivity index is 1.42. The molecule has 0 bridgehead atoms. The number of hydrogen-bond acceptors (Lipinski definition) is 5. The van der Waals surface area contributed by atoms with Crippen molar-refractivity contribution in [3.63, 3.8) is 0 Å². The van der Waals surface area contributed by atoms with Gasteiger partial charge in [-0.1, -0.05) is 35.5 Å². The molecule has 1 saturated carbocycles. The Labute approximate surface area is 169 Å². The first kappa shape index (κ1) is 19.1. The first-order valence-corrected chi connectivity index (χ1v) is 9.68. The maximum Gasteiger partial charge on any atom is 0.232 e. The summed E-state index contributed by atoms with van der Waals surface area (Å²) in [6.45, 7) is 0.543. The summed E-state index contributed by atoms with van der Waals surface area (Å²) >= 11 is 0. The molecule has 1 fully saturated rings. The average molecular weight is 392 g/mol. The molecular formula is C23H24N2O4. The Kier molecular flexibility index (Phi) is 5.25. The molecule has 0 saturated heterocycles. The van der Waals surface area contributed by atoms with Gasteiger partial charge in [-0.2, -0.15) is 0 Å². The summed E-state index contributed by atoms with van der Waals surface area (Å²) in [5.41, 5.74) is 2.05. The van der Waals surface area contributed by atoms with E-state index in [9.17, 15) is 4.79 Å². The standard InChI is InChI=1S/C23H24N2O4/c1-27-18-8-5-7-17(14-18)20-15-21(25-29-20)23(11-12-23)22(26)24-13-10-16-6-3-4-9-19(16)28-2/h3-9,14-15H,10-13H2,1-2H3,(H,24,26). The van der Waals surface area contributed by atoms with Gasteiger partial charge in [0.1, 0.15) is 11.5 Å². The highest BCUT2D eigenvalue weighted by Gasteiger charge is 2.53. The molecule has 150 valence electrons. The van der Waals surface area contributed by atoms with Gasteiger partial charge in [-0.15, -0.1) is 0 Å². The summed E-state index contributed by atoms with van der Waals surface area (Å²) < 4.78 is 16.2. The zero-order valence-electron chi connectivity index (χ0n) is 16.6. The lowest BCUT2D eigenvalue weighted by Gasteiger charge is -2.13. The minimum absolute atomic E-state index is 0.00195. The third kappa shape index (κ3) is 3.83. The van der Waals surface area contributed by atoms with Crippen molar-refractivity contribution in [3.8, 4) is 22.8 Å². The van der Waals surface area contributed by atoms with Gasteiger partial charge < -0.3 is 19.3 Å². The highest BCUT2D eigenvalue weighted by Crippen LogP contribution is 2.48. The Morgan fingerprint density at radius 1 is 1.10 bits per heavy atom. The molecular weight excluding hydrogens is 368 g/mol. The summed E-state index contributed by atoms with van der Waals surface area (Å²) in [6, 6.07) is 17.3. The normalized spacial score (nSPS) is 14.3. The van der Waals surface area contributed by atoms with E-state index in [0.717, 1.165) is 35.5 Å². The number of methoxy groups -OCH3 is 2. The largest absolute Gasteiger partial charge is 0.497 e. The lowest BCUT2D eigenvalue weighted by Crippen LogP contribution is -2.36. The van der Waals surface area contributed by atoms with Crippen molar-refractivity contribution in [2.75, 3.05) is 20.8 Å². The maximum absolute atomic E-state index is 12.9. The van der Waals surface area contributed by atoms with Gasteiger partial charge in [-0.05, 0) is 43.0 Å². The van der Waals surface area contributed by atoms with Crippen LogP contribution in [0.4, 0.5) is 0 Å². The lowest BCUT2D eigenvalue weighted by molar-refractivity contribution is -0.123. The molecule has 3 aromatic rings. The minimum atomic E-state index is -0.582. The maximum atomic E-state index is 12.9. The number of para-hydroxylation sites is 1. The van der Waals surface area contributed by atoms with E-state index in [4.69, 9.17) is 14.0 Å². The SMILES string of the molecule is COc1cccc(-c2cc(C3(C(=O)NCCc4ccccc4OC)CC3)no2)c1. The zero-order chi connectivity index (χ0) is 20.3. The molecule has 1 aliphatic rings. The average Bonchev–Trinajstić information content (AvgIpc) is 3.43. The van der Waals surface area contributed by atoms with E-state index in [2.05, 4.69) is 10.5 Å². The smallest absolute Gasteiger partial charge is 0.232 e. The Bertz CT molecular complexity index is 1010. The third-order valence-electron chi connectivity index (χ3n) is 5.41. The van der Waals surface area contributed by atoms with Crippen molar-refractivity contribution in [1.29, 1.82) is 0 Å². The van der Waals surface area contributed by atoms with Crippen LogP contribution < -0.4 is 14.8 Å². The van der Waals surface area contributed by atoms with Crippen LogP contribution in [0.2, 0.25) is 0 Å². The van der Waals surface area contributed by atoms with Crippen LogP contribution in [0.1, 0.15) is 24.1 Å². The van der Waals surface area contributed by atoms with Gasteiger partial charge in [-0.25, -0.2) is 0 Å². The van der Waals surface area contributed by atoms with Gasteiger partial charge in [0.2, 0.25) is 5.91 Å². The molecule has 0 radical (unpaired) electrons. The molecule has 1 N–H and O–H groups in total. The van der Waals surface area contributed by atoms with Crippen molar-refractivity contribution in [3.05, 3.63) is 65.9 Å². The predicted octanol–water partition coefficient (Wildman–Crippen LogP) is 3.75. The Hall–Kier alpha value is -3.28. The van der Waals surface area contributed by atoms with E-state index in [1.54, 1.807) is 14.2 Å². The number of rotatable bonds is 8. The Morgan fingerprint density at radius 2 is 1.93 bits per heavy atom. The number of nitrogens with one attached hydrogen (secondary N) is 1. The van der Waals surface area contributed by atoms with Crippen LogP contribution in [-0.4, -0.2) is 31.8 Å². The lowest BCUT2D eigenvalue weighted by atomic mass is 10.00. The van der Waals surface area contributed by atoms with Crippen LogP contribution in [0, 0.1) is 0 Å².